The van der Waals surface area contributed by atoms with Crippen molar-refractivity contribution in [2.24, 2.45) is 0 Å². The number of hydrogen-bond acceptors (Lipinski definition) is 2. The van der Waals surface area contributed by atoms with E-state index in [1.54, 1.807) is 0 Å². The summed E-state index contributed by atoms with van der Waals surface area (Å²) in [7, 11) is 0. The summed E-state index contributed by atoms with van der Waals surface area (Å²) < 4.78 is 0. The Hall–Kier alpha value is -2.04. The third-order valence-electron chi connectivity index (χ3n) is 2.19. The van der Waals surface area contributed by atoms with Crippen molar-refractivity contribution >= 4 is 22.8 Å². The largest absolute Gasteiger partial charge is 0.333 e. The van der Waals surface area contributed by atoms with E-state index in [0.717, 1.165) is 10.9 Å². The lowest BCUT2D eigenvalue weighted by Crippen LogP contribution is -2.43. The van der Waals surface area contributed by atoms with Crippen molar-refractivity contribution in [1.82, 2.24) is 15.5 Å². The first-order valence-corrected chi connectivity index (χ1v) is 5.48. The molecule has 0 aliphatic rings. The number of H-pyrrole nitrogens is 1. The summed E-state index contributed by atoms with van der Waals surface area (Å²) in [6, 6.07) is 7.39. The van der Waals surface area contributed by atoms with Crippen LogP contribution in [0.2, 0.25) is 0 Å². The molecule has 0 aliphatic heterocycles. The Morgan fingerprint density at radius 2 is 2.00 bits per heavy atom. The summed E-state index contributed by atoms with van der Waals surface area (Å²) in [5, 5.41) is 13.4. The zero-order valence-corrected chi connectivity index (χ0v) is 10.2. The molecule has 1 aromatic carbocycles. The Morgan fingerprint density at radius 1 is 1.29 bits per heavy atom. The minimum Gasteiger partial charge on any atom is -0.333 e. The zero-order chi connectivity index (χ0) is 12.5. The van der Waals surface area contributed by atoms with E-state index in [1.165, 1.54) is 0 Å². The van der Waals surface area contributed by atoms with Crippen LogP contribution in [0.5, 0.6) is 0 Å². The summed E-state index contributed by atoms with van der Waals surface area (Å²) in [4.78, 5) is 11.7. The van der Waals surface area contributed by atoms with E-state index >= 15 is 0 Å². The Morgan fingerprint density at radius 3 is 2.71 bits per heavy atom. The minimum absolute atomic E-state index is 0.255. The van der Waals surface area contributed by atoms with E-state index in [4.69, 9.17) is 0 Å². The smallest absolute Gasteiger partial charge is 0.320 e. The number of anilines is 1. The molecular formula is C12H16N4O. The van der Waals surface area contributed by atoms with Crippen molar-refractivity contribution in [1.29, 1.82) is 0 Å². The van der Waals surface area contributed by atoms with E-state index in [2.05, 4.69) is 20.8 Å². The standard InChI is InChI=1S/C12H16N4O/c1-12(2,3)14-11(17)13-10-8-6-4-5-7-9(8)15-16-10/h4-7H,1-3H3,(H3,13,14,15,16,17). The molecular weight excluding hydrogens is 216 g/mol. The third kappa shape index (κ3) is 2.75. The monoisotopic (exact) mass is 232 g/mol. The molecule has 1 aromatic heterocycles. The molecule has 0 saturated heterocycles. The van der Waals surface area contributed by atoms with Crippen LogP contribution in [-0.2, 0) is 0 Å². The second kappa shape index (κ2) is 4.08. The molecule has 2 aromatic rings. The van der Waals surface area contributed by atoms with Gasteiger partial charge >= 0.3 is 6.03 Å². The molecule has 5 heteroatoms. The molecule has 3 N–H and O–H groups in total. The van der Waals surface area contributed by atoms with Crippen LogP contribution >= 0.6 is 0 Å². The Kier molecular flexibility index (Phi) is 2.75. The molecule has 17 heavy (non-hydrogen) atoms. The van der Waals surface area contributed by atoms with Gasteiger partial charge in [0.05, 0.1) is 5.52 Å². The van der Waals surface area contributed by atoms with E-state index < -0.39 is 0 Å². The lowest BCUT2D eigenvalue weighted by Gasteiger charge is -2.20. The number of para-hydroxylation sites is 1. The fourth-order valence-corrected chi connectivity index (χ4v) is 1.54. The molecule has 5 nitrogen and oxygen atoms in total. The molecule has 0 radical (unpaired) electrons. The molecule has 0 unspecified atom stereocenters. The van der Waals surface area contributed by atoms with Crippen molar-refractivity contribution in [3.8, 4) is 0 Å². The normalized spacial score (nSPS) is 11.5. The number of aromatic amines is 1. The van der Waals surface area contributed by atoms with Crippen molar-refractivity contribution in [2.45, 2.75) is 26.3 Å². The first kappa shape index (κ1) is 11.4. The molecule has 2 amide bonds. The fraction of sp³-hybridized carbons (Fsp3) is 0.333. The maximum atomic E-state index is 11.7. The highest BCUT2D eigenvalue weighted by Gasteiger charge is 2.15. The first-order chi connectivity index (χ1) is 7.96. The molecule has 0 saturated carbocycles. The molecule has 1 heterocycles. The average molecular weight is 232 g/mol. The van der Waals surface area contributed by atoms with Gasteiger partial charge in [0.1, 0.15) is 0 Å². The summed E-state index contributed by atoms with van der Waals surface area (Å²) in [5.74, 6) is 0.544. The van der Waals surface area contributed by atoms with Gasteiger partial charge in [-0.15, -0.1) is 0 Å². The molecule has 0 bridgehead atoms. The van der Waals surface area contributed by atoms with Gasteiger partial charge in [-0.3, -0.25) is 10.4 Å². The highest BCUT2D eigenvalue weighted by molar-refractivity contribution is 5.98. The average Bonchev–Trinajstić information content (AvgIpc) is 2.59. The summed E-state index contributed by atoms with van der Waals surface area (Å²) in [5.41, 5.74) is 0.634. The van der Waals surface area contributed by atoms with Crippen molar-refractivity contribution in [2.75, 3.05) is 5.32 Å². The number of amides is 2. The van der Waals surface area contributed by atoms with Crippen LogP contribution in [0.1, 0.15) is 20.8 Å². The quantitative estimate of drug-likeness (QED) is 0.707. The van der Waals surface area contributed by atoms with Crippen molar-refractivity contribution < 1.29 is 4.79 Å². The van der Waals surface area contributed by atoms with Gasteiger partial charge in [0.15, 0.2) is 5.82 Å². The number of fused-ring (bicyclic) bond motifs is 1. The number of carbonyl (C=O) groups excluding carboxylic acids is 1. The molecule has 0 fully saturated rings. The predicted molar refractivity (Wildman–Crippen MR) is 68.0 cm³/mol. The summed E-state index contributed by atoms with van der Waals surface area (Å²) >= 11 is 0. The van der Waals surface area contributed by atoms with E-state index in [-0.39, 0.29) is 11.6 Å². The van der Waals surface area contributed by atoms with Crippen molar-refractivity contribution in [3.63, 3.8) is 0 Å². The number of nitrogens with one attached hydrogen (secondary N) is 3. The number of rotatable bonds is 1. The number of benzene rings is 1. The summed E-state index contributed by atoms with van der Waals surface area (Å²) in [6.07, 6.45) is 0. The van der Waals surface area contributed by atoms with E-state index in [1.807, 2.05) is 45.0 Å². The maximum absolute atomic E-state index is 11.7. The number of nitrogens with zero attached hydrogens (tertiary/aromatic N) is 1. The van der Waals surface area contributed by atoms with Crippen LogP contribution in [0.4, 0.5) is 10.6 Å². The van der Waals surface area contributed by atoms with Gasteiger partial charge in [-0.1, -0.05) is 12.1 Å². The van der Waals surface area contributed by atoms with Crippen LogP contribution < -0.4 is 10.6 Å². The van der Waals surface area contributed by atoms with Gasteiger partial charge in [0, 0.05) is 10.9 Å². The lowest BCUT2D eigenvalue weighted by molar-refractivity contribution is 0.243. The number of aromatic nitrogens is 2. The second-order valence-corrected chi connectivity index (χ2v) is 4.95. The molecule has 0 aliphatic carbocycles. The molecule has 0 atom stereocenters. The minimum atomic E-state index is -0.268. The number of hydrogen-bond donors (Lipinski definition) is 3. The first-order valence-electron chi connectivity index (χ1n) is 5.48. The van der Waals surface area contributed by atoms with Gasteiger partial charge in [-0.2, -0.15) is 5.10 Å². The van der Waals surface area contributed by atoms with Gasteiger partial charge in [-0.25, -0.2) is 4.79 Å². The van der Waals surface area contributed by atoms with Crippen molar-refractivity contribution in [3.05, 3.63) is 24.3 Å². The lowest BCUT2D eigenvalue weighted by atomic mass is 10.1. The molecule has 2 rings (SSSR count). The van der Waals surface area contributed by atoms with Gasteiger partial charge in [0.25, 0.3) is 0 Å². The number of urea groups is 1. The highest BCUT2D eigenvalue weighted by Crippen LogP contribution is 2.19. The van der Waals surface area contributed by atoms with Crippen LogP contribution in [0.25, 0.3) is 10.9 Å². The predicted octanol–water partition coefficient (Wildman–Crippen LogP) is 2.48. The second-order valence-electron chi connectivity index (χ2n) is 4.95. The Bertz CT molecular complexity index is 539. The third-order valence-corrected chi connectivity index (χ3v) is 2.19. The van der Waals surface area contributed by atoms with Gasteiger partial charge in [-0.05, 0) is 32.9 Å². The topological polar surface area (TPSA) is 69.8 Å². The van der Waals surface area contributed by atoms with Crippen LogP contribution in [-0.4, -0.2) is 21.8 Å². The molecule has 0 spiro atoms. The Balaban J connectivity index is 2.16. The van der Waals surface area contributed by atoms with Crippen LogP contribution in [0, 0.1) is 0 Å². The van der Waals surface area contributed by atoms with Crippen LogP contribution in [0.15, 0.2) is 24.3 Å². The van der Waals surface area contributed by atoms with Gasteiger partial charge in [0.2, 0.25) is 0 Å². The summed E-state index contributed by atoms with van der Waals surface area (Å²) in [6.45, 7) is 5.78. The highest BCUT2D eigenvalue weighted by atomic mass is 16.2. The van der Waals surface area contributed by atoms with E-state index in [9.17, 15) is 4.79 Å². The zero-order valence-electron chi connectivity index (χ0n) is 10.2. The molecule has 90 valence electrons. The van der Waals surface area contributed by atoms with Gasteiger partial charge < -0.3 is 5.32 Å². The van der Waals surface area contributed by atoms with Crippen LogP contribution in [0.3, 0.4) is 0 Å². The number of carbonyl (C=O) groups is 1. The van der Waals surface area contributed by atoms with E-state index in [0.29, 0.717) is 5.82 Å². The SMILES string of the molecule is CC(C)(C)NC(=O)Nc1n[nH]c2ccccc12. The Labute approximate surface area is 99.6 Å². The maximum Gasteiger partial charge on any atom is 0.320 e. The fourth-order valence-electron chi connectivity index (χ4n) is 1.54.